The Morgan fingerprint density at radius 3 is 2.79 bits per heavy atom. The fourth-order valence-electron chi connectivity index (χ4n) is 1.44. The average Bonchev–Trinajstić information content (AvgIpc) is 2.87. The predicted octanol–water partition coefficient (Wildman–Crippen LogP) is 3.32. The summed E-state index contributed by atoms with van der Waals surface area (Å²) in [5.74, 6) is 0.283. The Hall–Kier alpha value is -1.40. The van der Waals surface area contributed by atoms with Crippen LogP contribution in [0.5, 0.6) is 0 Å². The van der Waals surface area contributed by atoms with Crippen LogP contribution in [0.1, 0.15) is 27.9 Å². The van der Waals surface area contributed by atoms with Crippen LogP contribution in [0.2, 0.25) is 0 Å². The first-order valence-electron chi connectivity index (χ1n) is 5.88. The summed E-state index contributed by atoms with van der Waals surface area (Å²) in [6.07, 6.45) is 0. The van der Waals surface area contributed by atoms with E-state index in [9.17, 15) is 4.79 Å². The van der Waals surface area contributed by atoms with Crippen molar-refractivity contribution in [3.05, 3.63) is 40.4 Å². The number of benzene rings is 1. The molecule has 1 aromatic carbocycles. The molecule has 1 aromatic heterocycles. The van der Waals surface area contributed by atoms with Crippen LogP contribution in [0.15, 0.2) is 29.2 Å². The summed E-state index contributed by atoms with van der Waals surface area (Å²) in [6, 6.07) is 8.25. The molecule has 6 heteroatoms. The Balaban J connectivity index is 2.02. The molecule has 0 fully saturated rings. The minimum absolute atomic E-state index is 0.336. The molecule has 0 saturated carbocycles. The topological polar surface area (TPSA) is 52.1 Å². The second-order valence-corrected chi connectivity index (χ2v) is 5.67. The van der Waals surface area contributed by atoms with Crippen molar-refractivity contribution in [1.82, 2.24) is 9.59 Å². The molecule has 0 saturated heterocycles. The highest BCUT2D eigenvalue weighted by atomic mass is 32.2. The zero-order chi connectivity index (χ0) is 13.7. The van der Waals surface area contributed by atoms with Gasteiger partial charge in [0.2, 0.25) is 0 Å². The Labute approximate surface area is 120 Å². The zero-order valence-corrected chi connectivity index (χ0v) is 12.4. The molecule has 0 atom stereocenters. The van der Waals surface area contributed by atoms with Crippen molar-refractivity contribution in [2.45, 2.75) is 24.5 Å². The van der Waals surface area contributed by atoms with Gasteiger partial charge in [0.25, 0.3) is 0 Å². The van der Waals surface area contributed by atoms with E-state index >= 15 is 0 Å². The van der Waals surface area contributed by atoms with Gasteiger partial charge in [-0.1, -0.05) is 22.2 Å². The van der Waals surface area contributed by atoms with Gasteiger partial charge in [-0.2, -0.15) is 0 Å². The number of hydrogen-bond acceptors (Lipinski definition) is 6. The smallest absolute Gasteiger partial charge is 0.351 e. The molecular weight excluding hydrogens is 280 g/mol. The highest BCUT2D eigenvalue weighted by Crippen LogP contribution is 2.25. The van der Waals surface area contributed by atoms with Crippen LogP contribution < -0.4 is 0 Å². The lowest BCUT2D eigenvalue weighted by Crippen LogP contribution is -2.05. The third-order valence-electron chi connectivity index (χ3n) is 2.41. The molecule has 0 radical (unpaired) electrons. The fourth-order valence-corrected chi connectivity index (χ4v) is 2.94. The molecule has 100 valence electrons. The van der Waals surface area contributed by atoms with Crippen LogP contribution >= 0.6 is 23.3 Å². The minimum atomic E-state index is -0.336. The van der Waals surface area contributed by atoms with Gasteiger partial charge in [0.15, 0.2) is 4.88 Å². The van der Waals surface area contributed by atoms with E-state index in [1.54, 1.807) is 18.7 Å². The number of aromatic nitrogens is 2. The van der Waals surface area contributed by atoms with Crippen LogP contribution in [0.4, 0.5) is 0 Å². The van der Waals surface area contributed by atoms with Crippen molar-refractivity contribution in [3.63, 3.8) is 0 Å². The van der Waals surface area contributed by atoms with Crippen LogP contribution in [0, 0.1) is 6.92 Å². The van der Waals surface area contributed by atoms with Crippen LogP contribution in [-0.4, -0.2) is 22.2 Å². The van der Waals surface area contributed by atoms with Gasteiger partial charge in [0.1, 0.15) is 5.69 Å². The molecule has 2 rings (SSSR count). The van der Waals surface area contributed by atoms with Gasteiger partial charge in [-0.3, -0.25) is 0 Å². The van der Waals surface area contributed by atoms with E-state index < -0.39 is 0 Å². The molecule has 0 N–H and O–H groups in total. The Morgan fingerprint density at radius 2 is 2.11 bits per heavy atom. The Morgan fingerprint density at radius 1 is 1.37 bits per heavy atom. The molecule has 19 heavy (non-hydrogen) atoms. The molecule has 2 aromatic rings. The summed E-state index contributed by atoms with van der Waals surface area (Å²) in [4.78, 5) is 13.3. The lowest BCUT2D eigenvalue weighted by molar-refractivity contribution is 0.0531. The average molecular weight is 294 g/mol. The zero-order valence-electron chi connectivity index (χ0n) is 10.8. The molecule has 4 nitrogen and oxygen atoms in total. The number of carbonyl (C=O) groups excluding carboxylic acids is 1. The minimum Gasteiger partial charge on any atom is -0.462 e. The van der Waals surface area contributed by atoms with Gasteiger partial charge in [-0.15, -0.1) is 16.9 Å². The first kappa shape index (κ1) is 14.0. The molecule has 0 aliphatic rings. The Bertz CT molecular complexity index is 552. The number of thioether (sulfide) groups is 1. The van der Waals surface area contributed by atoms with Crippen LogP contribution in [-0.2, 0) is 10.5 Å². The predicted molar refractivity (Wildman–Crippen MR) is 76.6 cm³/mol. The molecule has 0 aliphatic heterocycles. The third kappa shape index (κ3) is 3.78. The molecule has 0 amide bonds. The van der Waals surface area contributed by atoms with Crippen LogP contribution in [0.25, 0.3) is 0 Å². The van der Waals surface area contributed by atoms with E-state index in [4.69, 9.17) is 4.74 Å². The van der Waals surface area contributed by atoms with E-state index in [-0.39, 0.29) is 5.97 Å². The quantitative estimate of drug-likeness (QED) is 0.625. The summed E-state index contributed by atoms with van der Waals surface area (Å²) in [7, 11) is 0. The van der Waals surface area contributed by atoms with Gasteiger partial charge in [0, 0.05) is 10.6 Å². The van der Waals surface area contributed by atoms with E-state index in [0.717, 1.165) is 16.4 Å². The maximum absolute atomic E-state index is 11.7. The second-order valence-electron chi connectivity index (χ2n) is 3.87. The number of hydrogen-bond donors (Lipinski definition) is 0. The molecule has 1 heterocycles. The Kier molecular flexibility index (Phi) is 4.93. The van der Waals surface area contributed by atoms with Gasteiger partial charge in [-0.05, 0) is 37.5 Å². The van der Waals surface area contributed by atoms with Gasteiger partial charge in [-0.25, -0.2) is 4.79 Å². The highest BCUT2D eigenvalue weighted by molar-refractivity contribution is 7.98. The van der Waals surface area contributed by atoms with E-state index in [0.29, 0.717) is 22.9 Å². The highest BCUT2D eigenvalue weighted by Gasteiger charge is 2.17. The first-order chi connectivity index (χ1) is 9.20. The maximum Gasteiger partial charge on any atom is 0.351 e. The summed E-state index contributed by atoms with van der Waals surface area (Å²) < 4.78 is 8.81. The van der Waals surface area contributed by atoms with E-state index in [2.05, 4.69) is 40.8 Å². The van der Waals surface area contributed by atoms with Crippen molar-refractivity contribution < 1.29 is 9.53 Å². The summed E-state index contributed by atoms with van der Waals surface area (Å²) >= 11 is 2.72. The van der Waals surface area contributed by atoms with Crippen molar-refractivity contribution in [2.24, 2.45) is 0 Å². The number of carbonyl (C=O) groups is 1. The molecule has 0 bridgehead atoms. The first-order valence-corrected chi connectivity index (χ1v) is 7.64. The molecule has 0 unspecified atom stereocenters. The van der Waals surface area contributed by atoms with Crippen molar-refractivity contribution in [1.29, 1.82) is 0 Å². The lowest BCUT2D eigenvalue weighted by Gasteiger charge is -2.02. The number of nitrogens with zero attached hydrogens (tertiary/aromatic N) is 2. The normalized spacial score (nSPS) is 10.4. The van der Waals surface area contributed by atoms with Gasteiger partial charge in [0.05, 0.1) is 6.61 Å². The number of rotatable bonds is 5. The van der Waals surface area contributed by atoms with Crippen molar-refractivity contribution >= 4 is 29.3 Å². The summed E-state index contributed by atoms with van der Waals surface area (Å²) in [5.41, 5.74) is 1.92. The van der Waals surface area contributed by atoms with E-state index in [1.165, 1.54) is 5.56 Å². The van der Waals surface area contributed by atoms with Crippen LogP contribution in [0.3, 0.4) is 0 Å². The lowest BCUT2D eigenvalue weighted by atomic mass is 10.2. The summed E-state index contributed by atoms with van der Waals surface area (Å²) in [5, 5.41) is 4.00. The fraction of sp³-hybridized carbons (Fsp3) is 0.308. The third-order valence-corrected chi connectivity index (χ3v) is 4.18. The molecule has 0 spiro atoms. The largest absolute Gasteiger partial charge is 0.462 e. The summed E-state index contributed by atoms with van der Waals surface area (Å²) in [6.45, 7) is 4.20. The van der Waals surface area contributed by atoms with Gasteiger partial charge < -0.3 is 4.74 Å². The number of aryl methyl sites for hydroxylation is 1. The van der Waals surface area contributed by atoms with Crippen molar-refractivity contribution in [2.75, 3.05) is 6.61 Å². The SMILES string of the molecule is CCOC(=O)c1snnc1CSc1ccc(C)cc1. The second kappa shape index (κ2) is 6.68. The molecule has 0 aliphatic carbocycles. The maximum atomic E-state index is 11.7. The van der Waals surface area contributed by atoms with Gasteiger partial charge >= 0.3 is 5.97 Å². The van der Waals surface area contributed by atoms with Crippen molar-refractivity contribution in [3.8, 4) is 0 Å². The number of ether oxygens (including phenoxy) is 1. The monoisotopic (exact) mass is 294 g/mol. The standard InChI is InChI=1S/C13H14N2O2S2/c1-3-17-13(16)12-11(14-15-19-12)8-18-10-6-4-9(2)5-7-10/h4-7H,3,8H2,1-2H3. The molecular formula is C13H14N2O2S2. The van der Waals surface area contributed by atoms with E-state index in [1.807, 2.05) is 0 Å². The number of esters is 1.